The van der Waals surface area contributed by atoms with E-state index in [1.54, 1.807) is 32.2 Å². The lowest BCUT2D eigenvalue weighted by molar-refractivity contribution is -0.153. The minimum Gasteiger partial charge on any atom is -0.497 e. The number of carbonyl (C=O) groups is 2. The summed E-state index contributed by atoms with van der Waals surface area (Å²) >= 11 is 6.15. The number of rotatable bonds is 6. The first kappa shape index (κ1) is 24.7. The van der Waals surface area contributed by atoms with E-state index in [0.29, 0.717) is 41.1 Å². The maximum Gasteiger partial charge on any atom is 0.321 e. The Kier molecular flexibility index (Phi) is 7.65. The Morgan fingerprint density at radius 3 is 2.49 bits per heavy atom. The molecular weight excluding hydrogens is 472 g/mol. The number of hydrogen-bond acceptors (Lipinski definition) is 8. The smallest absolute Gasteiger partial charge is 0.321 e. The fourth-order valence-corrected chi connectivity index (χ4v) is 4.54. The van der Waals surface area contributed by atoms with E-state index in [-0.39, 0.29) is 6.61 Å². The first-order valence-corrected chi connectivity index (χ1v) is 11.9. The molecule has 4 rings (SSSR count). The highest BCUT2D eigenvalue weighted by atomic mass is 35.5. The molecule has 35 heavy (non-hydrogen) atoms. The molecule has 9 nitrogen and oxygen atoms in total. The molecule has 1 N–H and O–H groups in total. The molecule has 2 atom stereocenters. The van der Waals surface area contributed by atoms with Crippen LogP contribution in [0, 0.1) is 5.92 Å². The molecule has 2 heterocycles. The number of piperazine rings is 1. The summed E-state index contributed by atoms with van der Waals surface area (Å²) in [6.07, 6.45) is 0. The van der Waals surface area contributed by atoms with Crippen molar-refractivity contribution in [3.05, 3.63) is 53.1 Å². The Morgan fingerprint density at radius 2 is 1.83 bits per heavy atom. The van der Waals surface area contributed by atoms with E-state index in [1.165, 1.54) is 7.11 Å². The monoisotopic (exact) mass is 500 g/mol. The molecular formula is C25H29ClN4O5. The van der Waals surface area contributed by atoms with Crippen LogP contribution in [0.3, 0.4) is 0 Å². The van der Waals surface area contributed by atoms with E-state index >= 15 is 0 Å². The van der Waals surface area contributed by atoms with Gasteiger partial charge in [-0.25, -0.2) is 4.99 Å². The van der Waals surface area contributed by atoms with Crippen LogP contribution >= 0.6 is 11.6 Å². The van der Waals surface area contributed by atoms with Crippen LogP contribution < -0.4 is 19.7 Å². The number of aliphatic imine (C=N–C) groups is 1. The minimum absolute atomic E-state index is 0.164. The van der Waals surface area contributed by atoms with Gasteiger partial charge >= 0.3 is 5.97 Å². The molecule has 0 spiro atoms. The molecule has 0 unspecified atom stereocenters. The van der Waals surface area contributed by atoms with Crippen LogP contribution in [-0.2, 0) is 14.3 Å². The van der Waals surface area contributed by atoms with E-state index in [9.17, 15) is 9.59 Å². The number of nitrogens with one attached hydrogen (secondary N) is 1. The number of guanidine groups is 1. The van der Waals surface area contributed by atoms with Crippen molar-refractivity contribution in [2.45, 2.75) is 13.0 Å². The van der Waals surface area contributed by atoms with Gasteiger partial charge in [-0.15, -0.1) is 0 Å². The molecule has 0 bridgehead atoms. The van der Waals surface area contributed by atoms with Gasteiger partial charge in [0, 0.05) is 48.5 Å². The highest BCUT2D eigenvalue weighted by molar-refractivity contribution is 6.30. The lowest BCUT2D eigenvalue weighted by Gasteiger charge is -2.39. The molecule has 1 saturated heterocycles. The van der Waals surface area contributed by atoms with E-state index in [0.717, 1.165) is 18.8 Å². The Bertz CT molecular complexity index is 1120. The van der Waals surface area contributed by atoms with Gasteiger partial charge in [0.2, 0.25) is 11.9 Å². The molecule has 2 aromatic rings. The Labute approximate surface area is 209 Å². The SMILES string of the molecule is CCOC(=O)[C@H]1C(=O)NC(N2CCN(c3cccc(Cl)c3)CC2)=N[C@@H]1c1ccc(OC)cc1OC. The van der Waals surface area contributed by atoms with Crippen LogP contribution in [0.4, 0.5) is 5.69 Å². The van der Waals surface area contributed by atoms with Gasteiger partial charge in [0.1, 0.15) is 17.5 Å². The van der Waals surface area contributed by atoms with Crippen molar-refractivity contribution in [3.8, 4) is 11.5 Å². The molecule has 1 amide bonds. The lowest BCUT2D eigenvalue weighted by atomic mass is 9.90. The van der Waals surface area contributed by atoms with E-state index in [2.05, 4.69) is 10.2 Å². The van der Waals surface area contributed by atoms with Gasteiger partial charge < -0.3 is 24.0 Å². The van der Waals surface area contributed by atoms with E-state index < -0.39 is 23.8 Å². The predicted octanol–water partition coefficient (Wildman–Crippen LogP) is 2.89. The number of halogens is 1. The second kappa shape index (κ2) is 10.9. The first-order chi connectivity index (χ1) is 16.9. The Balaban J connectivity index is 1.62. The van der Waals surface area contributed by atoms with Crippen LogP contribution in [0.25, 0.3) is 0 Å². The van der Waals surface area contributed by atoms with Gasteiger partial charge in [0.05, 0.1) is 20.8 Å². The summed E-state index contributed by atoms with van der Waals surface area (Å²) in [4.78, 5) is 35.0. The van der Waals surface area contributed by atoms with Crippen molar-refractivity contribution >= 4 is 35.1 Å². The zero-order valence-corrected chi connectivity index (χ0v) is 20.7. The number of methoxy groups -OCH3 is 2. The van der Waals surface area contributed by atoms with Crippen molar-refractivity contribution in [2.24, 2.45) is 10.9 Å². The van der Waals surface area contributed by atoms with Gasteiger partial charge in [-0.3, -0.25) is 14.9 Å². The molecule has 1 fully saturated rings. The number of anilines is 1. The van der Waals surface area contributed by atoms with Crippen LogP contribution in [-0.4, -0.2) is 69.7 Å². The molecule has 2 aliphatic heterocycles. The quantitative estimate of drug-likeness (QED) is 0.481. The molecule has 0 radical (unpaired) electrons. The summed E-state index contributed by atoms with van der Waals surface area (Å²) in [5.41, 5.74) is 1.66. The van der Waals surface area contributed by atoms with E-state index in [1.807, 2.05) is 29.2 Å². The number of carbonyl (C=O) groups excluding carboxylic acids is 2. The topological polar surface area (TPSA) is 92.7 Å². The maximum absolute atomic E-state index is 13.2. The second-order valence-electron chi connectivity index (χ2n) is 8.18. The fraction of sp³-hybridized carbons (Fsp3) is 0.400. The molecule has 0 saturated carbocycles. The number of benzene rings is 2. The van der Waals surface area contributed by atoms with Crippen molar-refractivity contribution in [1.29, 1.82) is 0 Å². The van der Waals surface area contributed by atoms with Crippen LogP contribution in [0.2, 0.25) is 5.02 Å². The average molecular weight is 501 g/mol. The normalized spacial score (nSPS) is 20.1. The van der Waals surface area contributed by atoms with Crippen molar-refractivity contribution < 1.29 is 23.8 Å². The van der Waals surface area contributed by atoms with Crippen molar-refractivity contribution in [3.63, 3.8) is 0 Å². The highest BCUT2D eigenvalue weighted by Gasteiger charge is 2.43. The fourth-order valence-electron chi connectivity index (χ4n) is 4.36. The van der Waals surface area contributed by atoms with Gasteiger partial charge in [0.15, 0.2) is 5.92 Å². The zero-order valence-electron chi connectivity index (χ0n) is 20.0. The second-order valence-corrected chi connectivity index (χ2v) is 8.61. The van der Waals surface area contributed by atoms with Crippen LogP contribution in [0.5, 0.6) is 11.5 Å². The summed E-state index contributed by atoms with van der Waals surface area (Å²) in [6, 6.07) is 12.2. The van der Waals surface area contributed by atoms with E-state index in [4.69, 9.17) is 30.8 Å². The van der Waals surface area contributed by atoms with Gasteiger partial charge in [-0.2, -0.15) is 0 Å². The summed E-state index contributed by atoms with van der Waals surface area (Å²) in [5, 5.41) is 3.52. The molecule has 2 aromatic carbocycles. The Hall–Kier alpha value is -3.46. The third-order valence-electron chi connectivity index (χ3n) is 6.15. The van der Waals surface area contributed by atoms with Crippen LogP contribution in [0.1, 0.15) is 18.5 Å². The summed E-state index contributed by atoms with van der Waals surface area (Å²) in [5.74, 6) is -0.694. The molecule has 0 aromatic heterocycles. The van der Waals surface area contributed by atoms with Crippen LogP contribution in [0.15, 0.2) is 47.5 Å². The third kappa shape index (κ3) is 5.30. The third-order valence-corrected chi connectivity index (χ3v) is 6.38. The number of ether oxygens (including phenoxy) is 3. The Morgan fingerprint density at radius 1 is 1.09 bits per heavy atom. The summed E-state index contributed by atoms with van der Waals surface area (Å²) in [6.45, 7) is 4.61. The molecule has 0 aliphatic carbocycles. The number of hydrogen-bond donors (Lipinski definition) is 1. The predicted molar refractivity (Wildman–Crippen MR) is 133 cm³/mol. The molecule has 2 aliphatic rings. The molecule has 10 heteroatoms. The van der Waals surface area contributed by atoms with Gasteiger partial charge in [-0.05, 0) is 37.3 Å². The van der Waals surface area contributed by atoms with Crippen molar-refractivity contribution in [2.75, 3.05) is 51.9 Å². The zero-order chi connectivity index (χ0) is 24.9. The van der Waals surface area contributed by atoms with Crippen molar-refractivity contribution in [1.82, 2.24) is 10.2 Å². The minimum atomic E-state index is -1.13. The number of nitrogens with zero attached hydrogens (tertiary/aromatic N) is 3. The molecule has 186 valence electrons. The number of amides is 1. The lowest BCUT2D eigenvalue weighted by Crippen LogP contribution is -2.57. The van der Waals surface area contributed by atoms with Gasteiger partial charge in [0.25, 0.3) is 0 Å². The maximum atomic E-state index is 13.2. The summed E-state index contributed by atoms with van der Waals surface area (Å²) in [7, 11) is 3.09. The van der Waals surface area contributed by atoms with Gasteiger partial charge in [-0.1, -0.05) is 17.7 Å². The largest absolute Gasteiger partial charge is 0.497 e. The first-order valence-electron chi connectivity index (χ1n) is 11.5. The average Bonchev–Trinajstić information content (AvgIpc) is 2.88. The summed E-state index contributed by atoms with van der Waals surface area (Å²) < 4.78 is 16.1. The standard InChI is InChI=1S/C25H29ClN4O5/c1-4-35-24(32)21-22(19-9-8-18(33-2)15-20(19)34-3)27-25(28-23(21)31)30-12-10-29(11-13-30)17-7-5-6-16(26)14-17/h5-9,14-15,21-22H,4,10-13H2,1-3H3,(H,27,28,31)/t21-,22-/m1/s1. The highest BCUT2D eigenvalue weighted by Crippen LogP contribution is 2.38. The number of esters is 1.